The van der Waals surface area contributed by atoms with Crippen molar-refractivity contribution in [3.8, 4) is 17.2 Å². The van der Waals surface area contributed by atoms with Crippen LogP contribution in [-0.2, 0) is 4.79 Å². The Labute approximate surface area is 175 Å². The van der Waals surface area contributed by atoms with Crippen molar-refractivity contribution in [3.05, 3.63) is 65.7 Å². The number of hydrogen-bond acceptors (Lipinski definition) is 5. The van der Waals surface area contributed by atoms with Gasteiger partial charge in [0, 0.05) is 30.4 Å². The topological polar surface area (TPSA) is 60.4 Å². The number of carbonyl (C=O) groups excluding carboxylic acids is 1. The Kier molecular flexibility index (Phi) is 5.31. The molecule has 0 aliphatic carbocycles. The van der Waals surface area contributed by atoms with Crippen molar-refractivity contribution in [1.82, 2.24) is 5.01 Å². The SMILES string of the molecule is COc1ccc(C2=NN(C(C)=O)[C@H](c3cccc4cccc(OC)c34)C2)c(OC)c1. The number of ether oxygens (including phenoxy) is 3. The Bertz CT molecular complexity index is 1130. The van der Waals surface area contributed by atoms with Crippen LogP contribution in [-0.4, -0.2) is 38.0 Å². The van der Waals surface area contributed by atoms with Crippen molar-refractivity contribution in [2.75, 3.05) is 21.3 Å². The summed E-state index contributed by atoms with van der Waals surface area (Å²) in [6.07, 6.45) is 0.569. The largest absolute Gasteiger partial charge is 0.497 e. The lowest BCUT2D eigenvalue weighted by atomic mass is 9.93. The lowest BCUT2D eigenvalue weighted by molar-refractivity contribution is -0.130. The first-order chi connectivity index (χ1) is 14.6. The zero-order valence-electron chi connectivity index (χ0n) is 17.5. The van der Waals surface area contributed by atoms with Crippen LogP contribution in [0.1, 0.15) is 30.5 Å². The number of methoxy groups -OCH3 is 3. The number of benzene rings is 3. The molecule has 6 heteroatoms. The fraction of sp³-hybridized carbons (Fsp3) is 0.250. The average Bonchev–Trinajstić information content (AvgIpc) is 3.23. The molecular formula is C24H24N2O4. The summed E-state index contributed by atoms with van der Waals surface area (Å²) in [6, 6.07) is 17.4. The molecule has 0 saturated heterocycles. The molecule has 30 heavy (non-hydrogen) atoms. The van der Waals surface area contributed by atoms with Gasteiger partial charge in [-0.25, -0.2) is 5.01 Å². The molecule has 1 heterocycles. The standard InChI is InChI=1S/C24H24N2O4/c1-15(27)26-21(19-9-5-7-16-8-6-10-22(29-3)24(16)19)14-20(25-26)18-12-11-17(28-2)13-23(18)30-4/h5-13,21H,14H2,1-4H3/t21-/m0/s1. The normalized spacial score (nSPS) is 15.8. The third-order valence-corrected chi connectivity index (χ3v) is 5.43. The molecule has 1 aliphatic rings. The van der Waals surface area contributed by atoms with E-state index in [1.54, 1.807) is 26.3 Å². The molecular weight excluding hydrogens is 380 g/mol. The van der Waals surface area contributed by atoms with Crippen LogP contribution in [0.4, 0.5) is 0 Å². The molecule has 0 saturated carbocycles. The summed E-state index contributed by atoms with van der Waals surface area (Å²) < 4.78 is 16.5. The maximum atomic E-state index is 12.5. The second-order valence-corrected chi connectivity index (χ2v) is 7.10. The van der Waals surface area contributed by atoms with Crippen molar-refractivity contribution in [2.24, 2.45) is 5.10 Å². The Balaban J connectivity index is 1.81. The molecule has 0 fully saturated rings. The zero-order chi connectivity index (χ0) is 21.3. The fourth-order valence-corrected chi connectivity index (χ4v) is 4.02. The quantitative estimate of drug-likeness (QED) is 0.625. The molecule has 0 spiro atoms. The van der Waals surface area contributed by atoms with E-state index in [9.17, 15) is 4.79 Å². The Hall–Kier alpha value is -3.54. The monoisotopic (exact) mass is 404 g/mol. The predicted octanol–water partition coefficient (Wildman–Crippen LogP) is 4.56. The first-order valence-corrected chi connectivity index (χ1v) is 9.72. The molecule has 4 rings (SSSR count). The molecule has 6 nitrogen and oxygen atoms in total. The molecule has 0 aromatic heterocycles. The van der Waals surface area contributed by atoms with Gasteiger partial charge in [-0.1, -0.05) is 30.3 Å². The van der Waals surface area contributed by atoms with Crippen LogP contribution < -0.4 is 14.2 Å². The van der Waals surface area contributed by atoms with Crippen molar-refractivity contribution in [2.45, 2.75) is 19.4 Å². The molecule has 0 radical (unpaired) electrons. The van der Waals surface area contributed by atoms with Gasteiger partial charge in [0.1, 0.15) is 17.2 Å². The third-order valence-electron chi connectivity index (χ3n) is 5.43. The van der Waals surface area contributed by atoms with Crippen LogP contribution in [0.15, 0.2) is 59.7 Å². The predicted molar refractivity (Wildman–Crippen MR) is 116 cm³/mol. The molecule has 3 aromatic carbocycles. The smallest absolute Gasteiger partial charge is 0.240 e. The fourth-order valence-electron chi connectivity index (χ4n) is 4.02. The number of rotatable bonds is 5. The number of hydrazone groups is 1. The second-order valence-electron chi connectivity index (χ2n) is 7.10. The van der Waals surface area contributed by atoms with Crippen LogP contribution >= 0.6 is 0 Å². The minimum absolute atomic E-state index is 0.116. The van der Waals surface area contributed by atoms with Gasteiger partial charge in [-0.05, 0) is 29.1 Å². The van der Waals surface area contributed by atoms with Crippen LogP contribution in [0.2, 0.25) is 0 Å². The highest BCUT2D eigenvalue weighted by Crippen LogP contribution is 2.41. The highest BCUT2D eigenvalue weighted by Gasteiger charge is 2.34. The van der Waals surface area contributed by atoms with Gasteiger partial charge in [-0.15, -0.1) is 0 Å². The van der Waals surface area contributed by atoms with Gasteiger partial charge in [0.2, 0.25) is 5.91 Å². The Morgan fingerprint density at radius 2 is 1.70 bits per heavy atom. The molecule has 0 bridgehead atoms. The van der Waals surface area contributed by atoms with Gasteiger partial charge in [-0.3, -0.25) is 4.79 Å². The van der Waals surface area contributed by atoms with Gasteiger partial charge in [0.25, 0.3) is 0 Å². The van der Waals surface area contributed by atoms with E-state index < -0.39 is 0 Å². The van der Waals surface area contributed by atoms with Crippen LogP contribution in [0.3, 0.4) is 0 Å². The summed E-state index contributed by atoms with van der Waals surface area (Å²) in [7, 11) is 4.89. The van der Waals surface area contributed by atoms with Crippen molar-refractivity contribution < 1.29 is 19.0 Å². The maximum Gasteiger partial charge on any atom is 0.240 e. The van der Waals surface area contributed by atoms with E-state index >= 15 is 0 Å². The molecule has 154 valence electrons. The lowest BCUT2D eigenvalue weighted by Crippen LogP contribution is -2.24. The van der Waals surface area contributed by atoms with E-state index in [-0.39, 0.29) is 11.9 Å². The highest BCUT2D eigenvalue weighted by atomic mass is 16.5. The van der Waals surface area contributed by atoms with Gasteiger partial charge in [0.05, 0.1) is 33.1 Å². The first-order valence-electron chi connectivity index (χ1n) is 9.72. The van der Waals surface area contributed by atoms with Gasteiger partial charge in [0.15, 0.2) is 0 Å². The summed E-state index contributed by atoms with van der Waals surface area (Å²) in [5, 5.41) is 8.29. The Morgan fingerprint density at radius 1 is 0.967 bits per heavy atom. The lowest BCUT2D eigenvalue weighted by Gasteiger charge is -2.23. The summed E-state index contributed by atoms with van der Waals surface area (Å²) in [6.45, 7) is 1.53. The molecule has 1 aliphatic heterocycles. The number of nitrogens with zero attached hydrogens (tertiary/aromatic N) is 2. The van der Waals surface area contributed by atoms with E-state index in [2.05, 4.69) is 5.10 Å². The molecule has 1 atom stereocenters. The summed E-state index contributed by atoms with van der Waals surface area (Å²) in [4.78, 5) is 12.5. The number of fused-ring (bicyclic) bond motifs is 1. The van der Waals surface area contributed by atoms with E-state index in [1.165, 1.54) is 6.92 Å². The van der Waals surface area contributed by atoms with Crippen molar-refractivity contribution in [3.63, 3.8) is 0 Å². The van der Waals surface area contributed by atoms with Gasteiger partial charge < -0.3 is 14.2 Å². The number of carbonyl (C=O) groups is 1. The van der Waals surface area contributed by atoms with E-state index in [1.807, 2.05) is 54.6 Å². The van der Waals surface area contributed by atoms with E-state index in [0.29, 0.717) is 17.9 Å². The van der Waals surface area contributed by atoms with Gasteiger partial charge in [-0.2, -0.15) is 5.10 Å². The summed E-state index contributed by atoms with van der Waals surface area (Å²) in [5.74, 6) is 2.03. The van der Waals surface area contributed by atoms with Crippen molar-refractivity contribution in [1.29, 1.82) is 0 Å². The molecule has 0 unspecified atom stereocenters. The maximum absolute atomic E-state index is 12.5. The minimum atomic E-state index is -0.232. The average molecular weight is 404 g/mol. The molecule has 1 amide bonds. The summed E-state index contributed by atoms with van der Waals surface area (Å²) in [5.41, 5.74) is 2.65. The van der Waals surface area contributed by atoms with Crippen molar-refractivity contribution >= 4 is 22.4 Å². The Morgan fingerprint density at radius 3 is 2.37 bits per heavy atom. The van der Waals surface area contributed by atoms with E-state index in [4.69, 9.17) is 14.2 Å². The highest BCUT2D eigenvalue weighted by molar-refractivity contribution is 6.06. The van der Waals surface area contributed by atoms with Crippen LogP contribution in [0.5, 0.6) is 17.2 Å². The molecule has 3 aromatic rings. The van der Waals surface area contributed by atoms with Crippen LogP contribution in [0.25, 0.3) is 10.8 Å². The molecule has 0 N–H and O–H groups in total. The zero-order valence-corrected chi connectivity index (χ0v) is 17.5. The minimum Gasteiger partial charge on any atom is -0.497 e. The summed E-state index contributed by atoms with van der Waals surface area (Å²) >= 11 is 0. The number of hydrogen-bond donors (Lipinski definition) is 0. The van der Waals surface area contributed by atoms with Gasteiger partial charge >= 0.3 is 0 Å². The second kappa shape index (κ2) is 8.06. The number of amides is 1. The first kappa shape index (κ1) is 19.8. The third kappa shape index (κ3) is 3.34. The van der Waals surface area contributed by atoms with E-state index in [0.717, 1.165) is 33.4 Å². The van der Waals surface area contributed by atoms with Crippen LogP contribution in [0, 0.1) is 0 Å².